The van der Waals surface area contributed by atoms with Gasteiger partial charge in [0.25, 0.3) is 0 Å². The summed E-state index contributed by atoms with van der Waals surface area (Å²) in [5, 5.41) is 10.8. The van der Waals surface area contributed by atoms with Crippen LogP contribution in [0.25, 0.3) is 0 Å². The van der Waals surface area contributed by atoms with Gasteiger partial charge in [-0.15, -0.1) is 0 Å². The van der Waals surface area contributed by atoms with Gasteiger partial charge in [0.2, 0.25) is 0 Å². The van der Waals surface area contributed by atoms with Crippen molar-refractivity contribution in [1.82, 2.24) is 0 Å². The maximum Gasteiger partial charge on any atom is 0.338 e. The predicted molar refractivity (Wildman–Crippen MR) is 65.1 cm³/mol. The molecule has 0 N–H and O–H groups in total. The number of esters is 1. The number of carboxylic acids is 1. The van der Waals surface area contributed by atoms with Crippen LogP contribution in [0.15, 0.2) is 24.3 Å². The fourth-order valence-electron chi connectivity index (χ4n) is 1.71. The second-order valence-electron chi connectivity index (χ2n) is 4.33. The third-order valence-corrected chi connectivity index (χ3v) is 2.65. The second kappa shape index (κ2) is 6.79. The highest BCUT2D eigenvalue weighted by molar-refractivity contribution is 6.01. The average Bonchev–Trinajstić information content (AvgIpc) is 2.36. The first kappa shape index (κ1) is 14.2. The molecule has 0 aliphatic rings. The summed E-state index contributed by atoms with van der Waals surface area (Å²) in [4.78, 5) is 22.6. The van der Waals surface area contributed by atoms with Crippen LogP contribution in [0.4, 0.5) is 0 Å². The molecule has 0 saturated carbocycles. The maximum absolute atomic E-state index is 11.8. The Bertz CT molecular complexity index is 426. The molecule has 0 aromatic heterocycles. The maximum atomic E-state index is 11.8. The Kier molecular flexibility index (Phi) is 5.36. The lowest BCUT2D eigenvalue weighted by atomic mass is 10.1. The van der Waals surface area contributed by atoms with Gasteiger partial charge in [-0.25, -0.2) is 4.79 Å². The fourth-order valence-corrected chi connectivity index (χ4v) is 1.71. The smallest absolute Gasteiger partial charge is 0.338 e. The average molecular weight is 249 g/mol. The van der Waals surface area contributed by atoms with Gasteiger partial charge in [-0.05, 0) is 18.4 Å². The van der Waals surface area contributed by atoms with E-state index in [-0.39, 0.29) is 17.0 Å². The number of carbonyl (C=O) groups excluding carboxylic acids is 2. The number of carbonyl (C=O) groups is 2. The monoisotopic (exact) mass is 249 g/mol. The summed E-state index contributed by atoms with van der Waals surface area (Å²) in [5.41, 5.74) is -0.0909. The van der Waals surface area contributed by atoms with Gasteiger partial charge in [0.1, 0.15) is 0 Å². The minimum Gasteiger partial charge on any atom is -0.545 e. The van der Waals surface area contributed by atoms with E-state index in [9.17, 15) is 14.7 Å². The van der Waals surface area contributed by atoms with Crippen molar-refractivity contribution < 1.29 is 19.4 Å². The molecule has 0 heterocycles. The summed E-state index contributed by atoms with van der Waals surface area (Å²) in [7, 11) is 0. The van der Waals surface area contributed by atoms with Crippen LogP contribution < -0.4 is 5.11 Å². The van der Waals surface area contributed by atoms with Crippen molar-refractivity contribution in [2.24, 2.45) is 5.92 Å². The number of carboxylic acid groups (broad SMARTS) is 1. The highest BCUT2D eigenvalue weighted by atomic mass is 16.5. The Morgan fingerprint density at radius 3 is 2.44 bits per heavy atom. The van der Waals surface area contributed by atoms with Crippen LogP contribution >= 0.6 is 0 Å². The molecule has 0 aliphatic carbocycles. The van der Waals surface area contributed by atoms with E-state index >= 15 is 0 Å². The van der Waals surface area contributed by atoms with Gasteiger partial charge in [0, 0.05) is 5.56 Å². The lowest BCUT2D eigenvalue weighted by molar-refractivity contribution is -0.255. The van der Waals surface area contributed by atoms with Gasteiger partial charge < -0.3 is 14.6 Å². The molecule has 4 heteroatoms. The first-order valence-corrected chi connectivity index (χ1v) is 6.03. The molecule has 0 bridgehead atoms. The lowest BCUT2D eigenvalue weighted by Gasteiger charge is -2.13. The molecule has 98 valence electrons. The van der Waals surface area contributed by atoms with Gasteiger partial charge in [-0.2, -0.15) is 0 Å². The van der Waals surface area contributed by atoms with Crippen molar-refractivity contribution in [1.29, 1.82) is 0 Å². The van der Waals surface area contributed by atoms with Crippen LogP contribution in [0.2, 0.25) is 0 Å². The number of rotatable bonds is 6. The van der Waals surface area contributed by atoms with Crippen LogP contribution in [-0.4, -0.2) is 18.5 Å². The summed E-state index contributed by atoms with van der Waals surface area (Å²) in [6, 6.07) is 5.90. The van der Waals surface area contributed by atoms with E-state index < -0.39 is 11.9 Å². The van der Waals surface area contributed by atoms with Crippen LogP contribution in [0.5, 0.6) is 0 Å². The number of hydrogen-bond acceptors (Lipinski definition) is 4. The highest BCUT2D eigenvalue weighted by Crippen LogP contribution is 2.11. The molecule has 18 heavy (non-hydrogen) atoms. The summed E-state index contributed by atoms with van der Waals surface area (Å²) in [6.45, 7) is 4.35. The van der Waals surface area contributed by atoms with E-state index in [4.69, 9.17) is 4.74 Å². The molecule has 0 amide bonds. The number of ether oxygens (including phenoxy) is 1. The first-order chi connectivity index (χ1) is 8.56. The zero-order chi connectivity index (χ0) is 13.5. The van der Waals surface area contributed by atoms with Crippen molar-refractivity contribution in [3.8, 4) is 0 Å². The molecule has 0 fully saturated rings. The Labute approximate surface area is 107 Å². The van der Waals surface area contributed by atoms with Gasteiger partial charge in [0.15, 0.2) is 0 Å². The Morgan fingerprint density at radius 1 is 1.28 bits per heavy atom. The molecule has 1 aromatic rings. The van der Waals surface area contributed by atoms with E-state index in [0.717, 1.165) is 12.8 Å². The molecule has 0 radical (unpaired) electrons. The largest absolute Gasteiger partial charge is 0.545 e. The van der Waals surface area contributed by atoms with Gasteiger partial charge in [0.05, 0.1) is 18.1 Å². The first-order valence-electron chi connectivity index (χ1n) is 6.03. The number of hydrogen-bond donors (Lipinski definition) is 0. The minimum absolute atomic E-state index is 0.0428. The molecule has 0 aliphatic heterocycles. The standard InChI is InChI=1S/C14H18O4/c1-3-6-10(2)9-18-14(17)12-8-5-4-7-11(12)13(15)16/h4-5,7-8,10H,3,6,9H2,1-2H3,(H,15,16)/p-1. The van der Waals surface area contributed by atoms with Crippen molar-refractivity contribution in [2.45, 2.75) is 26.7 Å². The SMILES string of the molecule is CCCC(C)COC(=O)c1ccccc1C(=O)[O-]. The molecular weight excluding hydrogens is 232 g/mol. The van der Waals surface area contributed by atoms with Gasteiger partial charge >= 0.3 is 5.97 Å². The van der Waals surface area contributed by atoms with Crippen molar-refractivity contribution >= 4 is 11.9 Å². The van der Waals surface area contributed by atoms with E-state index in [2.05, 4.69) is 6.92 Å². The van der Waals surface area contributed by atoms with E-state index in [1.807, 2.05) is 6.92 Å². The zero-order valence-electron chi connectivity index (χ0n) is 10.6. The second-order valence-corrected chi connectivity index (χ2v) is 4.33. The third-order valence-electron chi connectivity index (χ3n) is 2.65. The lowest BCUT2D eigenvalue weighted by Crippen LogP contribution is -2.25. The molecule has 0 spiro atoms. The molecule has 1 rings (SSSR count). The van der Waals surface area contributed by atoms with Crippen LogP contribution in [0, 0.1) is 5.92 Å². The predicted octanol–water partition coefficient (Wildman–Crippen LogP) is 1.64. The molecule has 0 saturated heterocycles. The van der Waals surface area contributed by atoms with Crippen LogP contribution in [0.1, 0.15) is 47.4 Å². The van der Waals surface area contributed by atoms with Crippen molar-refractivity contribution in [3.05, 3.63) is 35.4 Å². The molecule has 1 unspecified atom stereocenters. The number of aromatic carboxylic acids is 1. The van der Waals surface area contributed by atoms with E-state index in [1.54, 1.807) is 12.1 Å². The zero-order valence-corrected chi connectivity index (χ0v) is 10.6. The Hall–Kier alpha value is -1.84. The van der Waals surface area contributed by atoms with Gasteiger partial charge in [-0.1, -0.05) is 38.5 Å². The molecular formula is C14H17O4-. The quantitative estimate of drug-likeness (QED) is 0.719. The molecule has 1 atom stereocenters. The van der Waals surface area contributed by atoms with Crippen LogP contribution in [0.3, 0.4) is 0 Å². The summed E-state index contributed by atoms with van der Waals surface area (Å²) in [6.07, 6.45) is 1.99. The van der Waals surface area contributed by atoms with Crippen molar-refractivity contribution in [3.63, 3.8) is 0 Å². The molecule has 4 nitrogen and oxygen atoms in total. The summed E-state index contributed by atoms with van der Waals surface area (Å²) in [5.74, 6) is -1.71. The normalized spacial score (nSPS) is 11.9. The Morgan fingerprint density at radius 2 is 1.89 bits per heavy atom. The van der Waals surface area contributed by atoms with E-state index in [0.29, 0.717) is 6.61 Å². The summed E-state index contributed by atoms with van der Waals surface area (Å²) >= 11 is 0. The minimum atomic E-state index is -1.37. The van der Waals surface area contributed by atoms with Gasteiger partial charge in [-0.3, -0.25) is 0 Å². The fraction of sp³-hybridized carbons (Fsp3) is 0.429. The topological polar surface area (TPSA) is 66.4 Å². The van der Waals surface area contributed by atoms with E-state index in [1.165, 1.54) is 12.1 Å². The third kappa shape index (κ3) is 3.87. The number of benzene rings is 1. The van der Waals surface area contributed by atoms with Crippen LogP contribution in [-0.2, 0) is 4.74 Å². The highest BCUT2D eigenvalue weighted by Gasteiger charge is 2.14. The van der Waals surface area contributed by atoms with Crippen molar-refractivity contribution in [2.75, 3.05) is 6.61 Å². The summed E-state index contributed by atoms with van der Waals surface area (Å²) < 4.78 is 5.10. The Balaban J connectivity index is 2.70. The molecule has 1 aromatic carbocycles.